The van der Waals surface area contributed by atoms with Gasteiger partial charge in [-0.05, 0) is 25.7 Å². The first kappa shape index (κ1) is 14.5. The van der Waals surface area contributed by atoms with Crippen molar-refractivity contribution in [2.45, 2.75) is 51.0 Å². The molecular formula is C17H24N6. The van der Waals surface area contributed by atoms with E-state index in [4.69, 9.17) is 10.7 Å². The second-order valence-electron chi connectivity index (χ2n) is 6.66. The van der Waals surface area contributed by atoms with Crippen LogP contribution in [0.5, 0.6) is 0 Å². The molecule has 122 valence electrons. The van der Waals surface area contributed by atoms with Crippen molar-refractivity contribution in [3.63, 3.8) is 0 Å². The number of hydrogen-bond donors (Lipinski definition) is 2. The third-order valence-electron chi connectivity index (χ3n) is 5.02. The SMILES string of the molecule is Nc1ncc(N2CCCC2)c2nc(NC3CCCCC3)ncc12. The van der Waals surface area contributed by atoms with Gasteiger partial charge in [-0.25, -0.2) is 15.0 Å². The number of nitrogens with two attached hydrogens (primary N) is 1. The third kappa shape index (κ3) is 2.90. The van der Waals surface area contributed by atoms with E-state index in [1.54, 1.807) is 0 Å². The fourth-order valence-electron chi connectivity index (χ4n) is 3.71. The largest absolute Gasteiger partial charge is 0.383 e. The van der Waals surface area contributed by atoms with Gasteiger partial charge in [-0.15, -0.1) is 0 Å². The minimum absolute atomic E-state index is 0.496. The molecule has 0 amide bonds. The number of nitrogens with zero attached hydrogens (tertiary/aromatic N) is 4. The molecule has 1 aliphatic heterocycles. The lowest BCUT2D eigenvalue weighted by atomic mass is 9.96. The van der Waals surface area contributed by atoms with Crippen LogP contribution in [0.3, 0.4) is 0 Å². The van der Waals surface area contributed by atoms with Gasteiger partial charge in [0, 0.05) is 25.3 Å². The summed E-state index contributed by atoms with van der Waals surface area (Å²) in [5.41, 5.74) is 8.04. The molecule has 0 bridgehead atoms. The lowest BCUT2D eigenvalue weighted by Crippen LogP contribution is -2.24. The van der Waals surface area contributed by atoms with Crippen LogP contribution in [0.1, 0.15) is 44.9 Å². The molecule has 1 aliphatic carbocycles. The van der Waals surface area contributed by atoms with E-state index >= 15 is 0 Å². The maximum Gasteiger partial charge on any atom is 0.223 e. The zero-order chi connectivity index (χ0) is 15.6. The minimum Gasteiger partial charge on any atom is -0.383 e. The topological polar surface area (TPSA) is 80.0 Å². The first-order valence-corrected chi connectivity index (χ1v) is 8.74. The Balaban J connectivity index is 1.69. The van der Waals surface area contributed by atoms with E-state index in [0.29, 0.717) is 11.9 Å². The van der Waals surface area contributed by atoms with Crippen LogP contribution in [0.15, 0.2) is 12.4 Å². The molecule has 6 nitrogen and oxygen atoms in total. The van der Waals surface area contributed by atoms with Crippen LogP contribution >= 0.6 is 0 Å². The highest BCUT2D eigenvalue weighted by atomic mass is 15.2. The number of fused-ring (bicyclic) bond motifs is 1. The predicted octanol–water partition coefficient (Wildman–Crippen LogP) is 2.95. The van der Waals surface area contributed by atoms with Crippen molar-refractivity contribution in [2.75, 3.05) is 29.0 Å². The van der Waals surface area contributed by atoms with Gasteiger partial charge in [0.25, 0.3) is 0 Å². The van der Waals surface area contributed by atoms with Gasteiger partial charge in [-0.3, -0.25) is 0 Å². The molecule has 0 aromatic carbocycles. The summed E-state index contributed by atoms with van der Waals surface area (Å²) in [5, 5.41) is 4.36. The summed E-state index contributed by atoms with van der Waals surface area (Å²) in [7, 11) is 0. The Hall–Kier alpha value is -2.11. The van der Waals surface area contributed by atoms with E-state index in [1.807, 2.05) is 12.4 Å². The molecule has 23 heavy (non-hydrogen) atoms. The van der Waals surface area contributed by atoms with Crippen molar-refractivity contribution in [3.05, 3.63) is 12.4 Å². The highest BCUT2D eigenvalue weighted by molar-refractivity contribution is 5.96. The van der Waals surface area contributed by atoms with Gasteiger partial charge < -0.3 is 16.0 Å². The van der Waals surface area contributed by atoms with Gasteiger partial charge in [0.1, 0.15) is 11.3 Å². The molecule has 6 heteroatoms. The van der Waals surface area contributed by atoms with E-state index in [2.05, 4.69) is 20.2 Å². The molecule has 0 unspecified atom stereocenters. The van der Waals surface area contributed by atoms with E-state index in [1.165, 1.54) is 44.9 Å². The van der Waals surface area contributed by atoms with Crippen LogP contribution < -0.4 is 16.0 Å². The highest BCUT2D eigenvalue weighted by Crippen LogP contribution is 2.30. The van der Waals surface area contributed by atoms with Crippen molar-refractivity contribution in [2.24, 2.45) is 0 Å². The number of nitrogen functional groups attached to an aromatic ring is 1. The normalized spacial score (nSPS) is 19.4. The van der Waals surface area contributed by atoms with Crippen molar-refractivity contribution in [1.82, 2.24) is 15.0 Å². The summed E-state index contributed by atoms with van der Waals surface area (Å²) in [6.07, 6.45) is 12.5. The van der Waals surface area contributed by atoms with Gasteiger partial charge >= 0.3 is 0 Å². The fraction of sp³-hybridized carbons (Fsp3) is 0.588. The summed E-state index contributed by atoms with van der Waals surface area (Å²) in [5.74, 6) is 1.22. The molecule has 2 aromatic rings. The minimum atomic E-state index is 0.496. The standard InChI is InChI=1S/C17H24N6/c18-16-13-10-20-17(21-12-6-2-1-3-7-12)22-15(13)14(11-19-16)23-8-4-5-9-23/h10-12H,1-9H2,(H2,18,19)(H,20,21,22). The van der Waals surface area contributed by atoms with E-state index in [9.17, 15) is 0 Å². The van der Waals surface area contributed by atoms with Gasteiger partial charge in [0.05, 0.1) is 17.3 Å². The first-order valence-electron chi connectivity index (χ1n) is 8.74. The summed E-state index contributed by atoms with van der Waals surface area (Å²) < 4.78 is 0. The number of anilines is 3. The molecule has 3 heterocycles. The molecule has 1 saturated heterocycles. The van der Waals surface area contributed by atoms with Gasteiger partial charge in [-0.2, -0.15) is 0 Å². The van der Waals surface area contributed by atoms with Crippen molar-refractivity contribution in [3.8, 4) is 0 Å². The van der Waals surface area contributed by atoms with Crippen LogP contribution in [0.4, 0.5) is 17.5 Å². The lowest BCUT2D eigenvalue weighted by Gasteiger charge is -2.23. The lowest BCUT2D eigenvalue weighted by molar-refractivity contribution is 0.461. The quantitative estimate of drug-likeness (QED) is 0.907. The molecule has 1 saturated carbocycles. The van der Waals surface area contributed by atoms with E-state index in [0.717, 1.165) is 35.6 Å². The Morgan fingerprint density at radius 3 is 2.57 bits per heavy atom. The number of hydrogen-bond acceptors (Lipinski definition) is 6. The maximum atomic E-state index is 6.03. The first-order chi connectivity index (χ1) is 11.3. The van der Waals surface area contributed by atoms with Gasteiger partial charge in [0.15, 0.2) is 0 Å². The summed E-state index contributed by atoms with van der Waals surface area (Å²) >= 11 is 0. The highest BCUT2D eigenvalue weighted by Gasteiger charge is 2.19. The van der Waals surface area contributed by atoms with Gasteiger partial charge in [-0.1, -0.05) is 19.3 Å². The molecule has 0 atom stereocenters. The third-order valence-corrected chi connectivity index (χ3v) is 5.02. The molecule has 4 rings (SSSR count). The van der Waals surface area contributed by atoms with Crippen LogP contribution in [-0.2, 0) is 0 Å². The Morgan fingerprint density at radius 2 is 1.78 bits per heavy atom. The van der Waals surface area contributed by atoms with Crippen LogP contribution in [0.25, 0.3) is 10.9 Å². The van der Waals surface area contributed by atoms with E-state index in [-0.39, 0.29) is 0 Å². The Bertz CT molecular complexity index is 689. The van der Waals surface area contributed by atoms with Crippen LogP contribution in [0.2, 0.25) is 0 Å². The smallest absolute Gasteiger partial charge is 0.223 e. The average Bonchev–Trinajstić information content (AvgIpc) is 3.10. The zero-order valence-corrected chi connectivity index (χ0v) is 13.5. The average molecular weight is 312 g/mol. The number of aromatic nitrogens is 3. The molecule has 0 spiro atoms. The Kier molecular flexibility index (Phi) is 3.89. The Labute approximate surface area is 136 Å². The molecule has 0 radical (unpaired) electrons. The fourth-order valence-corrected chi connectivity index (χ4v) is 3.71. The molecule has 3 N–H and O–H groups in total. The second kappa shape index (κ2) is 6.18. The van der Waals surface area contributed by atoms with Crippen LogP contribution in [0, 0.1) is 0 Å². The summed E-state index contributed by atoms with van der Waals surface area (Å²) in [4.78, 5) is 15.9. The van der Waals surface area contributed by atoms with Crippen molar-refractivity contribution >= 4 is 28.4 Å². The molecular weight excluding hydrogens is 288 g/mol. The summed E-state index contributed by atoms with van der Waals surface area (Å²) in [6, 6.07) is 0.496. The molecule has 2 fully saturated rings. The number of nitrogens with one attached hydrogen (secondary N) is 1. The van der Waals surface area contributed by atoms with Gasteiger partial charge in [0.2, 0.25) is 5.95 Å². The van der Waals surface area contributed by atoms with E-state index < -0.39 is 0 Å². The zero-order valence-electron chi connectivity index (χ0n) is 13.5. The van der Waals surface area contributed by atoms with Crippen molar-refractivity contribution < 1.29 is 0 Å². The molecule has 2 aliphatic rings. The number of rotatable bonds is 3. The second-order valence-corrected chi connectivity index (χ2v) is 6.66. The maximum absolute atomic E-state index is 6.03. The Morgan fingerprint density at radius 1 is 1.00 bits per heavy atom. The van der Waals surface area contributed by atoms with Crippen molar-refractivity contribution in [1.29, 1.82) is 0 Å². The molecule has 2 aromatic heterocycles. The predicted molar refractivity (Wildman–Crippen MR) is 93.7 cm³/mol. The number of pyridine rings is 1. The summed E-state index contributed by atoms with van der Waals surface area (Å²) in [6.45, 7) is 2.13. The van der Waals surface area contributed by atoms with Crippen LogP contribution in [-0.4, -0.2) is 34.1 Å². The monoisotopic (exact) mass is 312 g/mol.